The lowest BCUT2D eigenvalue weighted by Crippen LogP contribution is -2.34. The van der Waals surface area contributed by atoms with Gasteiger partial charge in [-0.2, -0.15) is 0 Å². The fourth-order valence-electron chi connectivity index (χ4n) is 2.21. The lowest BCUT2D eigenvalue weighted by Gasteiger charge is -2.24. The summed E-state index contributed by atoms with van der Waals surface area (Å²) in [6, 6.07) is 0.666. The van der Waals surface area contributed by atoms with Gasteiger partial charge in [-0.1, -0.05) is 12.8 Å². The van der Waals surface area contributed by atoms with Crippen molar-refractivity contribution in [1.82, 2.24) is 0 Å². The molecule has 0 saturated heterocycles. The summed E-state index contributed by atoms with van der Waals surface area (Å²) in [5.41, 5.74) is 4.54. The minimum Gasteiger partial charge on any atom is -0.321 e. The summed E-state index contributed by atoms with van der Waals surface area (Å²) < 4.78 is 52.3. The standard InChI is InChI=1S/C11H11F4N/c12-7-5-6(8(13)10(15)9(7)14)11(16)3-1-2-4-11/h5H,1-4,16H2. The highest BCUT2D eigenvalue weighted by Crippen LogP contribution is 2.38. The molecule has 1 nitrogen and oxygen atoms in total. The molecule has 0 bridgehead atoms. The molecule has 16 heavy (non-hydrogen) atoms. The summed E-state index contributed by atoms with van der Waals surface area (Å²) in [7, 11) is 0. The van der Waals surface area contributed by atoms with Crippen LogP contribution in [-0.2, 0) is 5.54 Å². The minimum absolute atomic E-state index is 0.263. The van der Waals surface area contributed by atoms with E-state index in [4.69, 9.17) is 5.73 Å². The smallest absolute Gasteiger partial charge is 0.197 e. The number of hydrogen-bond acceptors (Lipinski definition) is 1. The van der Waals surface area contributed by atoms with Gasteiger partial charge in [0.2, 0.25) is 0 Å². The van der Waals surface area contributed by atoms with Crippen LogP contribution in [0.1, 0.15) is 31.2 Å². The maximum Gasteiger partial charge on any atom is 0.197 e. The molecule has 88 valence electrons. The lowest BCUT2D eigenvalue weighted by molar-refractivity contribution is 0.371. The molecule has 0 aromatic heterocycles. The van der Waals surface area contributed by atoms with E-state index < -0.39 is 28.8 Å². The van der Waals surface area contributed by atoms with Gasteiger partial charge in [0, 0.05) is 11.1 Å². The van der Waals surface area contributed by atoms with Crippen molar-refractivity contribution in [2.45, 2.75) is 31.2 Å². The molecule has 1 aromatic rings. The Hall–Kier alpha value is -1.10. The van der Waals surface area contributed by atoms with Gasteiger partial charge in [-0.15, -0.1) is 0 Å². The molecule has 1 saturated carbocycles. The van der Waals surface area contributed by atoms with E-state index in [1.165, 1.54) is 0 Å². The molecule has 2 rings (SSSR count). The van der Waals surface area contributed by atoms with Crippen LogP contribution in [0.3, 0.4) is 0 Å². The molecule has 1 aliphatic rings. The molecule has 1 fully saturated rings. The van der Waals surface area contributed by atoms with Gasteiger partial charge in [-0.3, -0.25) is 0 Å². The number of hydrogen-bond donors (Lipinski definition) is 1. The number of benzene rings is 1. The summed E-state index contributed by atoms with van der Waals surface area (Å²) in [5, 5.41) is 0. The van der Waals surface area contributed by atoms with Crippen molar-refractivity contribution < 1.29 is 17.6 Å². The van der Waals surface area contributed by atoms with Crippen molar-refractivity contribution in [3.05, 3.63) is 34.9 Å². The minimum atomic E-state index is -1.79. The average molecular weight is 233 g/mol. The van der Waals surface area contributed by atoms with E-state index in [-0.39, 0.29) is 5.56 Å². The molecule has 1 aromatic carbocycles. The van der Waals surface area contributed by atoms with Gasteiger partial charge in [0.05, 0.1) is 0 Å². The van der Waals surface area contributed by atoms with Crippen LogP contribution in [0.4, 0.5) is 17.6 Å². The van der Waals surface area contributed by atoms with Crippen molar-refractivity contribution in [2.75, 3.05) is 0 Å². The monoisotopic (exact) mass is 233 g/mol. The van der Waals surface area contributed by atoms with E-state index in [1.807, 2.05) is 0 Å². The maximum absolute atomic E-state index is 13.5. The molecule has 0 aliphatic heterocycles. The first kappa shape index (κ1) is 11.4. The van der Waals surface area contributed by atoms with Crippen molar-refractivity contribution >= 4 is 0 Å². The molecule has 0 atom stereocenters. The first-order chi connectivity index (χ1) is 7.46. The summed E-state index contributed by atoms with van der Waals surface area (Å²) in [5.74, 6) is -6.34. The van der Waals surface area contributed by atoms with E-state index in [9.17, 15) is 17.6 Å². The van der Waals surface area contributed by atoms with E-state index in [0.717, 1.165) is 12.8 Å². The summed E-state index contributed by atoms with van der Waals surface area (Å²) in [4.78, 5) is 0. The van der Waals surface area contributed by atoms with Crippen LogP contribution in [0, 0.1) is 23.3 Å². The predicted octanol–water partition coefficient (Wildman–Crippen LogP) is 2.97. The number of rotatable bonds is 1. The molecule has 2 N–H and O–H groups in total. The van der Waals surface area contributed by atoms with E-state index in [1.54, 1.807) is 0 Å². The zero-order valence-electron chi connectivity index (χ0n) is 8.49. The molecule has 0 unspecified atom stereocenters. The number of halogens is 4. The van der Waals surface area contributed by atoms with Crippen LogP contribution < -0.4 is 5.73 Å². The Morgan fingerprint density at radius 1 is 0.938 bits per heavy atom. The topological polar surface area (TPSA) is 26.0 Å². The highest BCUT2D eigenvalue weighted by atomic mass is 19.2. The second-order valence-corrected chi connectivity index (χ2v) is 4.21. The van der Waals surface area contributed by atoms with Crippen LogP contribution in [-0.4, -0.2) is 0 Å². The first-order valence-electron chi connectivity index (χ1n) is 5.08. The fourth-order valence-corrected chi connectivity index (χ4v) is 2.21. The molecular weight excluding hydrogens is 222 g/mol. The Bertz CT molecular complexity index is 424. The molecular formula is C11H11F4N. The Labute approximate surface area is 90.3 Å². The van der Waals surface area contributed by atoms with Crippen molar-refractivity contribution in [1.29, 1.82) is 0 Å². The summed E-state index contributed by atoms with van der Waals surface area (Å²) in [6.45, 7) is 0. The van der Waals surface area contributed by atoms with Crippen molar-refractivity contribution in [3.8, 4) is 0 Å². The third-order valence-electron chi connectivity index (χ3n) is 3.13. The molecule has 0 heterocycles. The van der Waals surface area contributed by atoms with Gasteiger partial charge in [-0.25, -0.2) is 17.6 Å². The Morgan fingerprint density at radius 2 is 1.50 bits per heavy atom. The maximum atomic E-state index is 13.5. The van der Waals surface area contributed by atoms with Gasteiger partial charge < -0.3 is 5.73 Å². The first-order valence-corrected chi connectivity index (χ1v) is 5.08. The normalized spacial score (nSPS) is 19.1. The summed E-state index contributed by atoms with van der Waals surface area (Å²) in [6.07, 6.45) is 2.45. The molecule has 5 heteroatoms. The summed E-state index contributed by atoms with van der Waals surface area (Å²) >= 11 is 0. The molecule has 0 spiro atoms. The molecule has 1 aliphatic carbocycles. The van der Waals surface area contributed by atoms with Gasteiger partial charge in [0.1, 0.15) is 0 Å². The van der Waals surface area contributed by atoms with Crippen LogP contribution >= 0.6 is 0 Å². The van der Waals surface area contributed by atoms with Gasteiger partial charge in [0.15, 0.2) is 23.3 Å². The fraction of sp³-hybridized carbons (Fsp3) is 0.455. The molecule has 0 amide bonds. The van der Waals surface area contributed by atoms with Crippen molar-refractivity contribution in [3.63, 3.8) is 0 Å². The van der Waals surface area contributed by atoms with Crippen LogP contribution in [0.25, 0.3) is 0 Å². The van der Waals surface area contributed by atoms with Gasteiger partial charge in [0.25, 0.3) is 0 Å². The van der Waals surface area contributed by atoms with Crippen LogP contribution in [0.2, 0.25) is 0 Å². The van der Waals surface area contributed by atoms with Crippen LogP contribution in [0.5, 0.6) is 0 Å². The van der Waals surface area contributed by atoms with E-state index in [0.29, 0.717) is 18.9 Å². The zero-order chi connectivity index (χ0) is 11.9. The zero-order valence-corrected chi connectivity index (χ0v) is 8.49. The Kier molecular flexibility index (Phi) is 2.66. The Morgan fingerprint density at radius 3 is 2.06 bits per heavy atom. The van der Waals surface area contributed by atoms with Gasteiger partial charge in [-0.05, 0) is 18.9 Å². The van der Waals surface area contributed by atoms with E-state index >= 15 is 0 Å². The Balaban J connectivity index is 2.57. The van der Waals surface area contributed by atoms with E-state index in [2.05, 4.69) is 0 Å². The SMILES string of the molecule is NC1(c2cc(F)c(F)c(F)c2F)CCCC1. The van der Waals surface area contributed by atoms with Gasteiger partial charge >= 0.3 is 0 Å². The average Bonchev–Trinajstić information content (AvgIpc) is 2.68. The third-order valence-corrected chi connectivity index (χ3v) is 3.13. The number of nitrogens with two attached hydrogens (primary N) is 1. The predicted molar refractivity (Wildman–Crippen MR) is 50.6 cm³/mol. The highest BCUT2D eigenvalue weighted by Gasteiger charge is 2.36. The largest absolute Gasteiger partial charge is 0.321 e. The quantitative estimate of drug-likeness (QED) is 0.450. The molecule has 0 radical (unpaired) electrons. The highest BCUT2D eigenvalue weighted by molar-refractivity contribution is 5.29. The lowest BCUT2D eigenvalue weighted by atomic mass is 9.88. The van der Waals surface area contributed by atoms with Crippen molar-refractivity contribution in [2.24, 2.45) is 5.73 Å². The second-order valence-electron chi connectivity index (χ2n) is 4.21. The van der Waals surface area contributed by atoms with Crippen LogP contribution in [0.15, 0.2) is 6.07 Å². The third kappa shape index (κ3) is 1.59. The second kappa shape index (κ2) is 3.73.